The van der Waals surface area contributed by atoms with Crippen LogP contribution in [0.4, 0.5) is 10.2 Å². The Hall–Kier alpha value is -2.76. The first-order valence-corrected chi connectivity index (χ1v) is 9.79. The number of thioether (sulfide) groups is 1. The molecule has 0 saturated heterocycles. The molecule has 0 bridgehead atoms. The van der Waals surface area contributed by atoms with Crippen LogP contribution in [-0.4, -0.2) is 22.4 Å². The highest BCUT2D eigenvalue weighted by atomic mass is 79.9. The number of anilines is 1. The zero-order valence-corrected chi connectivity index (χ0v) is 16.6. The van der Waals surface area contributed by atoms with E-state index >= 15 is 0 Å². The molecule has 27 heavy (non-hydrogen) atoms. The van der Waals surface area contributed by atoms with Crippen LogP contribution in [0.15, 0.2) is 63.3 Å². The van der Waals surface area contributed by atoms with Gasteiger partial charge in [0.25, 0.3) is 0 Å². The van der Waals surface area contributed by atoms with Gasteiger partial charge in [0, 0.05) is 10.0 Å². The van der Waals surface area contributed by atoms with Crippen LogP contribution in [0.25, 0.3) is 11.3 Å². The summed E-state index contributed by atoms with van der Waals surface area (Å²) in [7, 11) is 0. The Morgan fingerprint density at radius 1 is 1.15 bits per heavy atom. The number of hydrogen-bond donors (Lipinski definition) is 1. The highest BCUT2D eigenvalue weighted by molar-refractivity contribution is 9.10. The average Bonchev–Trinajstić information content (AvgIpc) is 2.69. The van der Waals surface area contributed by atoms with Crippen LogP contribution < -0.4 is 5.43 Å². The zero-order chi connectivity index (χ0) is 19.2. The first kappa shape index (κ1) is 19.0. The molecule has 0 amide bonds. The molecule has 1 aromatic heterocycles. The molecule has 0 aliphatic carbocycles. The van der Waals surface area contributed by atoms with Gasteiger partial charge in [-0.25, -0.2) is 14.4 Å². The second-order valence-electron chi connectivity index (χ2n) is 5.32. The SMILES string of the molecule is CSc1nc(N/N=C/c2ccc(Br)cc2)c(C#N)c(-c2ccc(F)cc2)n1. The van der Waals surface area contributed by atoms with Gasteiger partial charge in [-0.15, -0.1) is 0 Å². The van der Waals surface area contributed by atoms with E-state index < -0.39 is 0 Å². The lowest BCUT2D eigenvalue weighted by Crippen LogP contribution is -2.03. The first-order chi connectivity index (χ1) is 13.1. The van der Waals surface area contributed by atoms with Crippen LogP contribution in [0.2, 0.25) is 0 Å². The molecular weight excluding hydrogens is 429 g/mol. The Morgan fingerprint density at radius 3 is 2.48 bits per heavy atom. The van der Waals surface area contributed by atoms with E-state index in [1.54, 1.807) is 18.3 Å². The summed E-state index contributed by atoms with van der Waals surface area (Å²) in [5, 5.41) is 14.3. The third-order valence-corrected chi connectivity index (χ3v) is 4.63. The Morgan fingerprint density at radius 2 is 1.85 bits per heavy atom. The summed E-state index contributed by atoms with van der Waals surface area (Å²) in [5.41, 5.74) is 5.01. The molecule has 8 heteroatoms. The summed E-state index contributed by atoms with van der Waals surface area (Å²) in [6.45, 7) is 0. The minimum atomic E-state index is -0.353. The molecule has 0 aliphatic heterocycles. The van der Waals surface area contributed by atoms with E-state index in [1.165, 1.54) is 23.9 Å². The maximum atomic E-state index is 13.2. The predicted octanol–water partition coefficient (Wildman–Crippen LogP) is 5.08. The highest BCUT2D eigenvalue weighted by Crippen LogP contribution is 2.28. The second-order valence-corrected chi connectivity index (χ2v) is 7.01. The van der Waals surface area contributed by atoms with Crippen molar-refractivity contribution in [3.05, 3.63) is 69.9 Å². The smallest absolute Gasteiger partial charge is 0.189 e. The minimum Gasteiger partial charge on any atom is -0.260 e. The molecule has 0 fully saturated rings. The predicted molar refractivity (Wildman–Crippen MR) is 109 cm³/mol. The number of hydrogen-bond acceptors (Lipinski definition) is 6. The summed E-state index contributed by atoms with van der Waals surface area (Å²) >= 11 is 4.72. The summed E-state index contributed by atoms with van der Waals surface area (Å²) in [6, 6.07) is 15.6. The number of nitriles is 1. The van der Waals surface area contributed by atoms with E-state index in [0.29, 0.717) is 22.2 Å². The van der Waals surface area contributed by atoms with Crippen molar-refractivity contribution in [3.63, 3.8) is 0 Å². The van der Waals surface area contributed by atoms with Gasteiger partial charge in [-0.1, -0.05) is 39.8 Å². The lowest BCUT2D eigenvalue weighted by molar-refractivity contribution is 0.628. The Bertz CT molecular complexity index is 1010. The van der Waals surface area contributed by atoms with Crippen LogP contribution in [0.5, 0.6) is 0 Å². The molecule has 0 aliphatic rings. The molecule has 3 rings (SSSR count). The second kappa shape index (κ2) is 8.75. The van der Waals surface area contributed by atoms with Gasteiger partial charge >= 0.3 is 0 Å². The first-order valence-electron chi connectivity index (χ1n) is 7.77. The molecule has 1 heterocycles. The Labute approximate surface area is 168 Å². The number of aromatic nitrogens is 2. The van der Waals surface area contributed by atoms with Crippen molar-refractivity contribution in [1.82, 2.24) is 9.97 Å². The van der Waals surface area contributed by atoms with Gasteiger partial charge in [-0.2, -0.15) is 10.4 Å². The summed E-state index contributed by atoms with van der Waals surface area (Å²) in [5.74, 6) is -0.0570. The Balaban J connectivity index is 1.96. The van der Waals surface area contributed by atoms with Crippen molar-refractivity contribution >= 4 is 39.7 Å². The maximum Gasteiger partial charge on any atom is 0.189 e. The van der Waals surface area contributed by atoms with E-state index in [2.05, 4.69) is 42.5 Å². The van der Waals surface area contributed by atoms with Gasteiger partial charge < -0.3 is 0 Å². The average molecular weight is 442 g/mol. The molecule has 0 saturated carbocycles. The van der Waals surface area contributed by atoms with Crippen molar-refractivity contribution in [2.24, 2.45) is 5.10 Å². The molecule has 2 aromatic carbocycles. The number of halogens is 2. The summed E-state index contributed by atoms with van der Waals surface area (Å²) in [6.07, 6.45) is 3.47. The molecule has 0 radical (unpaired) electrons. The normalized spacial score (nSPS) is 10.7. The van der Waals surface area contributed by atoms with Crippen molar-refractivity contribution in [2.75, 3.05) is 11.7 Å². The van der Waals surface area contributed by atoms with Crippen LogP contribution in [0.3, 0.4) is 0 Å². The summed E-state index contributed by atoms with van der Waals surface area (Å²) < 4.78 is 14.2. The van der Waals surface area contributed by atoms with Gasteiger partial charge in [0.05, 0.1) is 11.9 Å². The van der Waals surface area contributed by atoms with E-state index in [9.17, 15) is 9.65 Å². The summed E-state index contributed by atoms with van der Waals surface area (Å²) in [4.78, 5) is 8.74. The van der Waals surface area contributed by atoms with Crippen LogP contribution in [0.1, 0.15) is 11.1 Å². The molecule has 0 unspecified atom stereocenters. The van der Waals surface area contributed by atoms with Crippen molar-refractivity contribution in [3.8, 4) is 17.3 Å². The molecule has 5 nitrogen and oxygen atoms in total. The monoisotopic (exact) mass is 441 g/mol. The fourth-order valence-electron chi connectivity index (χ4n) is 2.25. The van der Waals surface area contributed by atoms with E-state index in [0.717, 1.165) is 10.0 Å². The molecular formula is C19H13BrFN5S. The quantitative estimate of drug-likeness (QED) is 0.258. The van der Waals surface area contributed by atoms with Gasteiger partial charge in [0.1, 0.15) is 17.4 Å². The molecule has 3 aromatic rings. The fourth-order valence-corrected chi connectivity index (χ4v) is 2.88. The molecule has 1 N–H and O–H groups in total. The lowest BCUT2D eigenvalue weighted by Gasteiger charge is -2.09. The van der Waals surface area contributed by atoms with Crippen LogP contribution in [0, 0.1) is 17.1 Å². The van der Waals surface area contributed by atoms with Gasteiger partial charge in [-0.3, -0.25) is 5.43 Å². The number of nitrogens with zero attached hydrogens (tertiary/aromatic N) is 4. The zero-order valence-electron chi connectivity index (χ0n) is 14.1. The number of rotatable bonds is 5. The molecule has 134 valence electrons. The largest absolute Gasteiger partial charge is 0.260 e. The minimum absolute atomic E-state index is 0.243. The topological polar surface area (TPSA) is 74.0 Å². The highest BCUT2D eigenvalue weighted by Gasteiger charge is 2.15. The molecule has 0 atom stereocenters. The standard InChI is InChI=1S/C19H13BrFN5S/c1-27-19-24-17(13-4-8-15(21)9-5-13)16(10-22)18(25-19)26-23-11-12-2-6-14(20)7-3-12/h2-9,11H,1H3,(H,24,25,26)/b23-11+. The number of benzene rings is 2. The van der Waals surface area contributed by atoms with Gasteiger partial charge in [-0.05, 0) is 48.2 Å². The van der Waals surface area contributed by atoms with Crippen molar-refractivity contribution in [1.29, 1.82) is 5.26 Å². The van der Waals surface area contributed by atoms with E-state index in [4.69, 9.17) is 0 Å². The third-order valence-electron chi connectivity index (χ3n) is 3.55. The Kier molecular flexibility index (Phi) is 6.16. The van der Waals surface area contributed by atoms with E-state index in [1.807, 2.05) is 30.5 Å². The maximum absolute atomic E-state index is 13.2. The third kappa shape index (κ3) is 4.70. The van der Waals surface area contributed by atoms with Crippen LogP contribution >= 0.6 is 27.7 Å². The lowest BCUT2D eigenvalue weighted by atomic mass is 10.1. The van der Waals surface area contributed by atoms with Gasteiger partial charge in [0.2, 0.25) is 0 Å². The van der Waals surface area contributed by atoms with Crippen molar-refractivity contribution < 1.29 is 4.39 Å². The van der Waals surface area contributed by atoms with E-state index in [-0.39, 0.29) is 11.4 Å². The van der Waals surface area contributed by atoms with Crippen molar-refractivity contribution in [2.45, 2.75) is 5.16 Å². The number of hydrazone groups is 1. The van der Waals surface area contributed by atoms with Crippen LogP contribution in [-0.2, 0) is 0 Å². The fraction of sp³-hybridized carbons (Fsp3) is 0.0526. The molecule has 0 spiro atoms. The van der Waals surface area contributed by atoms with Gasteiger partial charge in [0.15, 0.2) is 11.0 Å². The number of nitrogens with one attached hydrogen (secondary N) is 1.